The molecule has 0 saturated carbocycles. The first kappa shape index (κ1) is 9.97. The zero-order valence-corrected chi connectivity index (χ0v) is 9.14. The third-order valence-corrected chi connectivity index (χ3v) is 2.44. The summed E-state index contributed by atoms with van der Waals surface area (Å²) in [5.41, 5.74) is 3.44. The van der Waals surface area contributed by atoms with Crippen LogP contribution in [0.4, 0.5) is 5.69 Å². The quantitative estimate of drug-likeness (QED) is 0.728. The summed E-state index contributed by atoms with van der Waals surface area (Å²) in [6.45, 7) is 0. The molecule has 0 bridgehead atoms. The Kier molecular flexibility index (Phi) is 2.86. The second-order valence-corrected chi connectivity index (χ2v) is 3.78. The largest absolute Gasteiger partial charge is 0.378 e. The zero-order valence-electron chi connectivity index (χ0n) is 9.14. The highest BCUT2D eigenvalue weighted by atomic mass is 15.1. The van der Waals surface area contributed by atoms with Gasteiger partial charge in [0.05, 0.1) is 5.69 Å². The first-order chi connectivity index (χ1) is 7.27. The van der Waals surface area contributed by atoms with E-state index in [9.17, 15) is 0 Å². The summed E-state index contributed by atoms with van der Waals surface area (Å²) < 4.78 is 0. The van der Waals surface area contributed by atoms with Crippen LogP contribution < -0.4 is 4.90 Å². The number of nitrogens with zero attached hydrogens (tertiary/aromatic N) is 2. The van der Waals surface area contributed by atoms with Gasteiger partial charge in [-0.25, -0.2) is 0 Å². The number of hydrogen-bond acceptors (Lipinski definition) is 2. The van der Waals surface area contributed by atoms with Gasteiger partial charge < -0.3 is 4.90 Å². The molecule has 1 aromatic heterocycles. The molecule has 1 aromatic rings. The molecule has 0 saturated heterocycles. The maximum Gasteiger partial charge on any atom is 0.0685 e. The molecule has 0 aliphatic heterocycles. The number of rotatable bonds is 2. The van der Waals surface area contributed by atoms with Crippen LogP contribution >= 0.6 is 0 Å². The molecular formula is C13H15N2. The van der Waals surface area contributed by atoms with Gasteiger partial charge in [-0.15, -0.1) is 0 Å². The molecule has 0 amide bonds. The molecule has 2 rings (SSSR count). The summed E-state index contributed by atoms with van der Waals surface area (Å²) in [6, 6.07) is 4.13. The van der Waals surface area contributed by atoms with Crippen LogP contribution in [0.1, 0.15) is 12.1 Å². The molecule has 1 radical (unpaired) electrons. The Labute approximate surface area is 90.9 Å². The predicted octanol–water partition coefficient (Wildman–Crippen LogP) is 2.70. The molecule has 0 aromatic carbocycles. The number of anilines is 1. The molecule has 1 aliphatic carbocycles. The first-order valence-corrected chi connectivity index (χ1v) is 5.11. The third-order valence-electron chi connectivity index (χ3n) is 2.44. The van der Waals surface area contributed by atoms with E-state index in [0.717, 1.165) is 12.1 Å². The lowest BCUT2D eigenvalue weighted by atomic mass is 10.0. The summed E-state index contributed by atoms with van der Waals surface area (Å²) in [5, 5.41) is 0. The second kappa shape index (κ2) is 4.30. The van der Waals surface area contributed by atoms with E-state index in [-0.39, 0.29) is 0 Å². The van der Waals surface area contributed by atoms with E-state index < -0.39 is 0 Å². The van der Waals surface area contributed by atoms with E-state index >= 15 is 0 Å². The van der Waals surface area contributed by atoms with Crippen molar-refractivity contribution in [1.82, 2.24) is 4.98 Å². The average molecular weight is 199 g/mol. The summed E-state index contributed by atoms with van der Waals surface area (Å²) in [4.78, 5) is 6.47. The number of hydrogen-bond donors (Lipinski definition) is 0. The van der Waals surface area contributed by atoms with Crippen LogP contribution in [0.3, 0.4) is 0 Å². The van der Waals surface area contributed by atoms with Crippen LogP contribution in [-0.2, 0) is 0 Å². The smallest absolute Gasteiger partial charge is 0.0685 e. The predicted molar refractivity (Wildman–Crippen MR) is 64.6 cm³/mol. The molecule has 0 fully saturated rings. The van der Waals surface area contributed by atoms with Crippen LogP contribution in [0.5, 0.6) is 0 Å². The normalized spacial score (nSPS) is 14.9. The fraction of sp³-hybridized carbons (Fsp3) is 0.231. The molecule has 77 valence electrons. The highest BCUT2D eigenvalue weighted by Gasteiger charge is 2.06. The Hall–Kier alpha value is -1.57. The van der Waals surface area contributed by atoms with Crippen molar-refractivity contribution in [2.75, 3.05) is 19.0 Å². The van der Waals surface area contributed by atoms with Gasteiger partial charge in [0.2, 0.25) is 0 Å². The van der Waals surface area contributed by atoms with Gasteiger partial charge in [-0.2, -0.15) is 0 Å². The second-order valence-electron chi connectivity index (χ2n) is 3.78. The van der Waals surface area contributed by atoms with Crippen molar-refractivity contribution in [3.63, 3.8) is 0 Å². The maximum atomic E-state index is 4.39. The van der Waals surface area contributed by atoms with Gasteiger partial charge in [-0.3, -0.25) is 4.98 Å². The first-order valence-electron chi connectivity index (χ1n) is 5.11. The van der Waals surface area contributed by atoms with Crippen molar-refractivity contribution < 1.29 is 0 Å². The van der Waals surface area contributed by atoms with Crippen LogP contribution in [0.2, 0.25) is 0 Å². The molecule has 2 nitrogen and oxygen atoms in total. The Morgan fingerprint density at radius 3 is 2.87 bits per heavy atom. The van der Waals surface area contributed by atoms with Crippen molar-refractivity contribution in [2.24, 2.45) is 0 Å². The monoisotopic (exact) mass is 199 g/mol. The summed E-state index contributed by atoms with van der Waals surface area (Å²) in [7, 11) is 4.08. The molecule has 0 unspecified atom stereocenters. The van der Waals surface area contributed by atoms with E-state index in [1.807, 2.05) is 26.4 Å². The molecule has 0 atom stereocenters. The molecular weight excluding hydrogens is 184 g/mol. The van der Waals surface area contributed by atoms with Crippen molar-refractivity contribution >= 4 is 11.3 Å². The van der Waals surface area contributed by atoms with Crippen LogP contribution in [-0.4, -0.2) is 19.1 Å². The fourth-order valence-corrected chi connectivity index (χ4v) is 1.56. The Morgan fingerprint density at radius 2 is 2.20 bits per heavy atom. The number of pyridine rings is 1. The van der Waals surface area contributed by atoms with Crippen LogP contribution in [0.15, 0.2) is 36.6 Å². The van der Waals surface area contributed by atoms with Crippen molar-refractivity contribution in [2.45, 2.75) is 6.42 Å². The highest BCUT2D eigenvalue weighted by molar-refractivity contribution is 5.73. The Balaban J connectivity index is 2.32. The minimum Gasteiger partial charge on any atom is -0.378 e. The van der Waals surface area contributed by atoms with Crippen molar-refractivity contribution in [3.8, 4) is 0 Å². The number of allylic oxidation sites excluding steroid dienone is 4. The van der Waals surface area contributed by atoms with Crippen molar-refractivity contribution in [1.29, 1.82) is 0 Å². The summed E-state index contributed by atoms with van der Waals surface area (Å²) in [5.74, 6) is 0. The topological polar surface area (TPSA) is 16.1 Å². The molecule has 0 N–H and O–H groups in total. The van der Waals surface area contributed by atoms with Crippen LogP contribution in [0, 0.1) is 6.42 Å². The van der Waals surface area contributed by atoms with E-state index in [4.69, 9.17) is 0 Å². The minimum absolute atomic E-state index is 1.000. The van der Waals surface area contributed by atoms with E-state index in [2.05, 4.69) is 40.6 Å². The lowest BCUT2D eigenvalue weighted by Gasteiger charge is -2.14. The SMILES string of the molecule is CN(C)c1ccnc(C2=CC=CC[CH]2)c1. The number of aromatic nitrogens is 1. The Morgan fingerprint density at radius 1 is 1.33 bits per heavy atom. The third kappa shape index (κ3) is 2.27. The fourth-order valence-electron chi connectivity index (χ4n) is 1.56. The molecule has 1 heterocycles. The van der Waals surface area contributed by atoms with E-state index in [1.165, 1.54) is 11.3 Å². The van der Waals surface area contributed by atoms with Gasteiger partial charge in [-0.1, -0.05) is 18.2 Å². The van der Waals surface area contributed by atoms with Crippen LogP contribution in [0.25, 0.3) is 5.57 Å². The standard InChI is InChI=1S/C13H15N2/c1-15(2)12-8-9-14-13(10-12)11-6-4-3-5-7-11/h3-4,6-10H,5H2,1-2H3. The van der Waals surface area contributed by atoms with Gasteiger partial charge in [0, 0.05) is 26.0 Å². The van der Waals surface area contributed by atoms with Crippen molar-refractivity contribution in [3.05, 3.63) is 48.7 Å². The van der Waals surface area contributed by atoms with E-state index in [0.29, 0.717) is 0 Å². The maximum absolute atomic E-state index is 4.39. The van der Waals surface area contributed by atoms with Gasteiger partial charge in [0.25, 0.3) is 0 Å². The average Bonchev–Trinajstić information content (AvgIpc) is 2.30. The molecule has 0 spiro atoms. The highest BCUT2D eigenvalue weighted by Crippen LogP contribution is 2.23. The molecule has 2 heteroatoms. The van der Waals surface area contributed by atoms with Gasteiger partial charge in [0.15, 0.2) is 0 Å². The lowest BCUT2D eigenvalue weighted by molar-refractivity contribution is 1.11. The molecule has 1 aliphatic rings. The molecule has 15 heavy (non-hydrogen) atoms. The summed E-state index contributed by atoms with van der Waals surface area (Å²) in [6.07, 6.45) is 11.4. The van der Waals surface area contributed by atoms with Gasteiger partial charge in [0.1, 0.15) is 0 Å². The van der Waals surface area contributed by atoms with Gasteiger partial charge in [-0.05, 0) is 30.5 Å². The van der Waals surface area contributed by atoms with E-state index in [1.54, 1.807) is 0 Å². The zero-order chi connectivity index (χ0) is 10.7. The summed E-state index contributed by atoms with van der Waals surface area (Å²) >= 11 is 0. The minimum atomic E-state index is 1.000. The Bertz CT molecular complexity index is 403. The van der Waals surface area contributed by atoms with Gasteiger partial charge >= 0.3 is 0 Å². The lowest BCUT2D eigenvalue weighted by Crippen LogP contribution is -2.09.